The summed E-state index contributed by atoms with van der Waals surface area (Å²) in [5.41, 5.74) is 4.20. The Morgan fingerprint density at radius 1 is 1.00 bits per heavy atom. The number of aryl methyl sites for hydroxylation is 3. The first-order valence-electron chi connectivity index (χ1n) is 10.3. The van der Waals surface area contributed by atoms with E-state index in [1.54, 1.807) is 48.5 Å². The molecule has 2 N–H and O–H groups in total. The predicted molar refractivity (Wildman–Crippen MR) is 123 cm³/mol. The second kappa shape index (κ2) is 9.34. The van der Waals surface area contributed by atoms with E-state index < -0.39 is 10.0 Å². The van der Waals surface area contributed by atoms with Gasteiger partial charge in [-0.25, -0.2) is 8.42 Å². The van der Waals surface area contributed by atoms with E-state index in [1.165, 1.54) is 0 Å². The molecule has 0 aliphatic heterocycles. The van der Waals surface area contributed by atoms with Crippen molar-refractivity contribution < 1.29 is 13.2 Å². The highest BCUT2D eigenvalue weighted by Crippen LogP contribution is 2.22. The molecule has 0 saturated heterocycles. The van der Waals surface area contributed by atoms with E-state index >= 15 is 0 Å². The normalized spacial score (nSPS) is 11.4. The molecule has 31 heavy (non-hydrogen) atoms. The standard InChI is InChI=1S/C23H28N4O3S/c1-5-6-15-27-18(4)22(17(3)25-27)24-23(28)19-9-11-20(12-10-19)26-31(29,30)21-13-7-16(2)8-14-21/h7-14,26H,5-6,15H2,1-4H3,(H,24,28). The average Bonchev–Trinajstić information content (AvgIpc) is 3.00. The van der Waals surface area contributed by atoms with Crippen LogP contribution in [-0.4, -0.2) is 24.1 Å². The van der Waals surface area contributed by atoms with Gasteiger partial charge in [0, 0.05) is 17.8 Å². The summed E-state index contributed by atoms with van der Waals surface area (Å²) in [6, 6.07) is 12.9. The van der Waals surface area contributed by atoms with Crippen LogP contribution < -0.4 is 10.0 Å². The number of sulfonamides is 1. The fraction of sp³-hybridized carbons (Fsp3) is 0.304. The van der Waals surface area contributed by atoms with Crippen molar-refractivity contribution in [2.75, 3.05) is 10.0 Å². The minimum absolute atomic E-state index is 0.186. The quantitative estimate of drug-likeness (QED) is 0.533. The summed E-state index contributed by atoms with van der Waals surface area (Å²) >= 11 is 0. The van der Waals surface area contributed by atoms with Gasteiger partial charge in [0.25, 0.3) is 15.9 Å². The lowest BCUT2D eigenvalue weighted by Gasteiger charge is -2.10. The monoisotopic (exact) mass is 440 g/mol. The molecule has 0 aliphatic carbocycles. The molecule has 1 amide bonds. The van der Waals surface area contributed by atoms with Gasteiger partial charge >= 0.3 is 0 Å². The van der Waals surface area contributed by atoms with Gasteiger partial charge in [0.1, 0.15) is 0 Å². The Kier molecular flexibility index (Phi) is 6.80. The third kappa shape index (κ3) is 5.32. The van der Waals surface area contributed by atoms with Crippen molar-refractivity contribution in [3.63, 3.8) is 0 Å². The number of nitrogens with zero attached hydrogens (tertiary/aromatic N) is 2. The van der Waals surface area contributed by atoms with Crippen LogP contribution >= 0.6 is 0 Å². The number of unbranched alkanes of at least 4 members (excludes halogenated alkanes) is 1. The second-order valence-corrected chi connectivity index (χ2v) is 9.25. The number of anilines is 2. The van der Waals surface area contributed by atoms with Gasteiger partial charge in [-0.05, 0) is 63.6 Å². The van der Waals surface area contributed by atoms with Gasteiger partial charge in [0.2, 0.25) is 0 Å². The number of hydrogen-bond acceptors (Lipinski definition) is 4. The van der Waals surface area contributed by atoms with Crippen LogP contribution in [0.5, 0.6) is 0 Å². The number of carbonyl (C=O) groups excluding carboxylic acids is 1. The van der Waals surface area contributed by atoms with E-state index in [4.69, 9.17) is 0 Å². The lowest BCUT2D eigenvalue weighted by molar-refractivity contribution is 0.102. The zero-order valence-corrected chi connectivity index (χ0v) is 19.1. The molecule has 0 aliphatic rings. The Balaban J connectivity index is 1.71. The van der Waals surface area contributed by atoms with Crippen LogP contribution in [0.2, 0.25) is 0 Å². The number of nitrogens with one attached hydrogen (secondary N) is 2. The summed E-state index contributed by atoms with van der Waals surface area (Å²) in [6.45, 7) is 8.64. The second-order valence-electron chi connectivity index (χ2n) is 7.57. The van der Waals surface area contributed by atoms with Crippen molar-refractivity contribution in [1.82, 2.24) is 9.78 Å². The van der Waals surface area contributed by atoms with Crippen molar-refractivity contribution in [3.8, 4) is 0 Å². The van der Waals surface area contributed by atoms with E-state index in [-0.39, 0.29) is 10.8 Å². The molecule has 0 fully saturated rings. The summed E-state index contributed by atoms with van der Waals surface area (Å²) in [4.78, 5) is 12.9. The molecule has 8 heteroatoms. The Morgan fingerprint density at radius 2 is 1.65 bits per heavy atom. The largest absolute Gasteiger partial charge is 0.319 e. The number of rotatable bonds is 8. The van der Waals surface area contributed by atoms with E-state index in [0.29, 0.717) is 16.9 Å². The van der Waals surface area contributed by atoms with Crippen LogP contribution in [0.25, 0.3) is 0 Å². The van der Waals surface area contributed by atoms with E-state index in [1.807, 2.05) is 25.5 Å². The first-order chi connectivity index (χ1) is 14.7. The van der Waals surface area contributed by atoms with Crippen molar-refractivity contribution in [3.05, 3.63) is 71.0 Å². The number of aromatic nitrogens is 2. The molecule has 2 aromatic carbocycles. The van der Waals surface area contributed by atoms with Crippen LogP contribution in [0, 0.1) is 20.8 Å². The van der Waals surface area contributed by atoms with Crippen LogP contribution in [-0.2, 0) is 16.6 Å². The average molecular weight is 441 g/mol. The predicted octanol–water partition coefficient (Wildman–Crippen LogP) is 4.66. The highest BCUT2D eigenvalue weighted by atomic mass is 32.2. The molecule has 1 aromatic heterocycles. The van der Waals surface area contributed by atoms with Crippen molar-refractivity contribution in [1.29, 1.82) is 0 Å². The highest BCUT2D eigenvalue weighted by molar-refractivity contribution is 7.92. The Morgan fingerprint density at radius 3 is 2.26 bits per heavy atom. The van der Waals surface area contributed by atoms with Gasteiger partial charge in [-0.3, -0.25) is 14.2 Å². The van der Waals surface area contributed by atoms with E-state index in [9.17, 15) is 13.2 Å². The van der Waals surface area contributed by atoms with Gasteiger partial charge < -0.3 is 5.32 Å². The molecule has 0 saturated carbocycles. The van der Waals surface area contributed by atoms with Crippen LogP contribution in [0.1, 0.15) is 47.1 Å². The van der Waals surface area contributed by atoms with Crippen LogP contribution in [0.4, 0.5) is 11.4 Å². The van der Waals surface area contributed by atoms with Crippen LogP contribution in [0.3, 0.4) is 0 Å². The molecule has 0 bridgehead atoms. The molecule has 0 spiro atoms. The molecule has 1 heterocycles. The molecule has 3 aromatic rings. The fourth-order valence-corrected chi connectivity index (χ4v) is 4.27. The number of hydrogen-bond donors (Lipinski definition) is 2. The minimum Gasteiger partial charge on any atom is -0.319 e. The zero-order chi connectivity index (χ0) is 22.6. The summed E-state index contributed by atoms with van der Waals surface area (Å²) in [7, 11) is -3.69. The maximum Gasteiger partial charge on any atom is 0.261 e. The maximum absolute atomic E-state index is 12.7. The first-order valence-corrected chi connectivity index (χ1v) is 11.7. The molecule has 0 atom stereocenters. The molecule has 0 unspecified atom stereocenters. The van der Waals surface area contributed by atoms with Gasteiger partial charge in [-0.1, -0.05) is 31.0 Å². The number of amides is 1. The summed E-state index contributed by atoms with van der Waals surface area (Å²) < 4.78 is 29.5. The molecule has 3 rings (SSSR count). The molecule has 0 radical (unpaired) electrons. The van der Waals surface area contributed by atoms with Crippen molar-refractivity contribution >= 4 is 27.3 Å². The Labute approximate surface area is 183 Å². The van der Waals surface area contributed by atoms with Crippen LogP contribution in [0.15, 0.2) is 53.4 Å². The minimum atomic E-state index is -3.69. The lowest BCUT2D eigenvalue weighted by Crippen LogP contribution is -2.15. The van der Waals surface area contributed by atoms with Gasteiger partial charge in [-0.15, -0.1) is 0 Å². The van der Waals surface area contributed by atoms with E-state index in [0.717, 1.165) is 36.3 Å². The van der Waals surface area contributed by atoms with Crippen molar-refractivity contribution in [2.45, 2.75) is 52.0 Å². The van der Waals surface area contributed by atoms with Crippen molar-refractivity contribution in [2.24, 2.45) is 0 Å². The maximum atomic E-state index is 12.7. The Bertz CT molecular complexity index is 1160. The third-order valence-electron chi connectivity index (χ3n) is 5.07. The smallest absolute Gasteiger partial charge is 0.261 e. The molecule has 7 nitrogen and oxygen atoms in total. The summed E-state index contributed by atoms with van der Waals surface area (Å²) in [5.74, 6) is -0.269. The first kappa shape index (κ1) is 22.6. The number of carbonyl (C=O) groups is 1. The Hall–Kier alpha value is -3.13. The van der Waals surface area contributed by atoms with Gasteiger partial charge in [0.05, 0.1) is 22.0 Å². The molecular weight excluding hydrogens is 412 g/mol. The van der Waals surface area contributed by atoms with Gasteiger partial charge in [-0.2, -0.15) is 5.10 Å². The third-order valence-corrected chi connectivity index (χ3v) is 6.47. The summed E-state index contributed by atoms with van der Waals surface area (Å²) in [5, 5.41) is 7.44. The fourth-order valence-electron chi connectivity index (χ4n) is 3.21. The molecular formula is C23H28N4O3S. The highest BCUT2D eigenvalue weighted by Gasteiger charge is 2.17. The zero-order valence-electron chi connectivity index (χ0n) is 18.3. The number of benzene rings is 2. The van der Waals surface area contributed by atoms with Gasteiger partial charge in [0.15, 0.2) is 0 Å². The SMILES string of the molecule is CCCCn1nc(C)c(NC(=O)c2ccc(NS(=O)(=O)c3ccc(C)cc3)cc2)c1C. The summed E-state index contributed by atoms with van der Waals surface area (Å²) in [6.07, 6.45) is 2.09. The van der Waals surface area contributed by atoms with E-state index in [2.05, 4.69) is 22.1 Å². The topological polar surface area (TPSA) is 93.1 Å². The molecule has 164 valence electrons. The lowest BCUT2D eigenvalue weighted by atomic mass is 10.2.